The zero-order chi connectivity index (χ0) is 19.0. The first-order valence-electron chi connectivity index (χ1n) is 10.3. The molecule has 27 heavy (non-hydrogen) atoms. The zero-order valence-electron chi connectivity index (χ0n) is 16.6. The first-order chi connectivity index (χ1) is 13.0. The van der Waals surface area contributed by atoms with E-state index in [0.29, 0.717) is 18.2 Å². The molecule has 146 valence electrons. The second kappa shape index (κ2) is 7.17. The van der Waals surface area contributed by atoms with Crippen molar-refractivity contribution in [3.8, 4) is 0 Å². The number of carbonyl (C=O) groups is 2. The lowest BCUT2D eigenvalue weighted by Gasteiger charge is -2.41. The van der Waals surface area contributed by atoms with Gasteiger partial charge in [0.1, 0.15) is 0 Å². The van der Waals surface area contributed by atoms with E-state index in [1.807, 2.05) is 23.9 Å². The summed E-state index contributed by atoms with van der Waals surface area (Å²) in [6.45, 7) is 3.47. The van der Waals surface area contributed by atoms with Gasteiger partial charge in [-0.3, -0.25) is 4.79 Å². The number of hydrogen-bond donors (Lipinski definition) is 0. The van der Waals surface area contributed by atoms with Gasteiger partial charge in [0, 0.05) is 46.7 Å². The molecule has 1 atom stereocenters. The van der Waals surface area contributed by atoms with Crippen molar-refractivity contribution in [2.45, 2.75) is 49.9 Å². The highest BCUT2D eigenvalue weighted by atomic mass is 16.2. The van der Waals surface area contributed by atoms with Crippen LogP contribution >= 0.6 is 0 Å². The van der Waals surface area contributed by atoms with Crippen molar-refractivity contribution in [1.29, 1.82) is 0 Å². The van der Waals surface area contributed by atoms with Crippen LogP contribution in [0.3, 0.4) is 0 Å². The Morgan fingerprint density at radius 3 is 2.37 bits per heavy atom. The number of rotatable bonds is 2. The monoisotopic (exact) mass is 369 g/mol. The Bertz CT molecular complexity index is 716. The van der Waals surface area contributed by atoms with E-state index >= 15 is 0 Å². The van der Waals surface area contributed by atoms with Gasteiger partial charge in [0.05, 0.1) is 0 Å². The number of likely N-dealkylation sites (tertiary alicyclic amines) is 2. The predicted octanol–water partition coefficient (Wildman–Crippen LogP) is 3.20. The van der Waals surface area contributed by atoms with Crippen molar-refractivity contribution in [3.05, 3.63) is 35.4 Å². The topological polar surface area (TPSA) is 43.9 Å². The standard InChI is InChI=1S/C22H31N3O2/c1-23(2)21(27)25-13-9-22(10-14-25)16-17(18-7-3-4-8-19(18)22)15-20(26)24-11-5-6-12-24/h3-4,7-8,17H,5-6,9-16H2,1-2H3. The summed E-state index contributed by atoms with van der Waals surface area (Å²) >= 11 is 0. The lowest BCUT2D eigenvalue weighted by Crippen LogP contribution is -2.47. The molecule has 1 unspecified atom stereocenters. The first-order valence-corrected chi connectivity index (χ1v) is 10.3. The summed E-state index contributed by atoms with van der Waals surface area (Å²) in [5.74, 6) is 0.648. The molecule has 0 N–H and O–H groups in total. The molecule has 3 aliphatic rings. The highest BCUT2D eigenvalue weighted by molar-refractivity contribution is 5.78. The summed E-state index contributed by atoms with van der Waals surface area (Å²) in [6.07, 6.45) is 5.98. The summed E-state index contributed by atoms with van der Waals surface area (Å²) in [5.41, 5.74) is 2.94. The van der Waals surface area contributed by atoms with Crippen LogP contribution in [0.15, 0.2) is 24.3 Å². The van der Waals surface area contributed by atoms with Crippen molar-refractivity contribution < 1.29 is 9.59 Å². The van der Waals surface area contributed by atoms with Gasteiger partial charge in [-0.05, 0) is 54.6 Å². The van der Waals surface area contributed by atoms with Crippen LogP contribution in [-0.4, -0.2) is 66.9 Å². The molecule has 0 radical (unpaired) electrons. The molecule has 4 rings (SSSR count). The smallest absolute Gasteiger partial charge is 0.319 e. The molecule has 1 aromatic rings. The molecule has 1 aromatic carbocycles. The van der Waals surface area contributed by atoms with E-state index < -0.39 is 0 Å². The molecule has 0 saturated carbocycles. The number of fused-ring (bicyclic) bond motifs is 2. The van der Waals surface area contributed by atoms with E-state index in [1.165, 1.54) is 11.1 Å². The largest absolute Gasteiger partial charge is 0.343 e. The van der Waals surface area contributed by atoms with E-state index in [1.54, 1.807) is 4.90 Å². The first kappa shape index (κ1) is 18.3. The summed E-state index contributed by atoms with van der Waals surface area (Å²) in [7, 11) is 3.63. The predicted molar refractivity (Wildman–Crippen MR) is 106 cm³/mol. The summed E-state index contributed by atoms with van der Waals surface area (Å²) in [5, 5.41) is 0. The SMILES string of the molecule is CN(C)C(=O)N1CCC2(CC1)CC(CC(=O)N1CCCC1)c1ccccc12. The molecular weight excluding hydrogens is 338 g/mol. The lowest BCUT2D eigenvalue weighted by molar-refractivity contribution is -0.130. The van der Waals surface area contributed by atoms with Gasteiger partial charge in [-0.2, -0.15) is 0 Å². The minimum Gasteiger partial charge on any atom is -0.343 e. The number of benzene rings is 1. The maximum Gasteiger partial charge on any atom is 0.319 e. The average Bonchev–Trinajstić information content (AvgIpc) is 3.30. The molecular formula is C22H31N3O2. The number of urea groups is 1. The Morgan fingerprint density at radius 1 is 1.04 bits per heavy atom. The minimum atomic E-state index is 0.108. The van der Waals surface area contributed by atoms with Gasteiger partial charge in [-0.15, -0.1) is 0 Å². The van der Waals surface area contributed by atoms with Crippen LogP contribution in [0, 0.1) is 0 Å². The van der Waals surface area contributed by atoms with Crippen molar-refractivity contribution in [3.63, 3.8) is 0 Å². The number of piperidine rings is 1. The molecule has 2 fully saturated rings. The molecule has 1 aliphatic carbocycles. The third-order valence-corrected chi connectivity index (χ3v) is 6.86. The molecule has 2 saturated heterocycles. The van der Waals surface area contributed by atoms with Crippen molar-refractivity contribution in [1.82, 2.24) is 14.7 Å². The fourth-order valence-electron chi connectivity index (χ4n) is 5.40. The Balaban J connectivity index is 1.50. The van der Waals surface area contributed by atoms with Crippen molar-refractivity contribution in [2.24, 2.45) is 0 Å². The molecule has 1 spiro atoms. The van der Waals surface area contributed by atoms with Gasteiger partial charge in [0.2, 0.25) is 5.91 Å². The fraction of sp³-hybridized carbons (Fsp3) is 0.636. The van der Waals surface area contributed by atoms with Crippen LogP contribution in [0.2, 0.25) is 0 Å². The molecule has 5 heteroatoms. The Morgan fingerprint density at radius 2 is 1.70 bits per heavy atom. The van der Waals surface area contributed by atoms with Crippen LogP contribution < -0.4 is 0 Å². The quantitative estimate of drug-likeness (QED) is 0.803. The maximum atomic E-state index is 12.8. The highest BCUT2D eigenvalue weighted by Crippen LogP contribution is 2.52. The van der Waals surface area contributed by atoms with Crippen LogP contribution in [-0.2, 0) is 10.2 Å². The maximum absolute atomic E-state index is 12.8. The van der Waals surface area contributed by atoms with E-state index in [4.69, 9.17) is 0 Å². The number of amides is 3. The van der Waals surface area contributed by atoms with Crippen molar-refractivity contribution in [2.75, 3.05) is 40.3 Å². The normalized spacial score (nSPS) is 23.6. The van der Waals surface area contributed by atoms with E-state index in [0.717, 1.165) is 58.3 Å². The Kier molecular flexibility index (Phi) is 4.87. The molecule has 2 heterocycles. The van der Waals surface area contributed by atoms with Crippen molar-refractivity contribution >= 4 is 11.9 Å². The molecule has 0 aromatic heterocycles. The minimum absolute atomic E-state index is 0.108. The number of hydrogen-bond acceptors (Lipinski definition) is 2. The van der Waals surface area contributed by atoms with E-state index in [2.05, 4.69) is 24.3 Å². The number of carbonyl (C=O) groups excluding carboxylic acids is 2. The van der Waals surface area contributed by atoms with Crippen LogP contribution in [0.1, 0.15) is 55.6 Å². The molecule has 3 amide bonds. The second-order valence-electron chi connectivity index (χ2n) is 8.72. The summed E-state index contributed by atoms with van der Waals surface area (Å²) in [4.78, 5) is 30.8. The van der Waals surface area contributed by atoms with Gasteiger partial charge in [0.15, 0.2) is 0 Å². The Hall–Kier alpha value is -2.04. The van der Waals surface area contributed by atoms with E-state index in [9.17, 15) is 9.59 Å². The third-order valence-electron chi connectivity index (χ3n) is 6.86. The van der Waals surface area contributed by atoms with Crippen LogP contribution in [0.4, 0.5) is 4.79 Å². The molecule has 5 nitrogen and oxygen atoms in total. The lowest BCUT2D eigenvalue weighted by atomic mass is 9.73. The fourth-order valence-corrected chi connectivity index (χ4v) is 5.40. The van der Waals surface area contributed by atoms with Gasteiger partial charge >= 0.3 is 6.03 Å². The van der Waals surface area contributed by atoms with Gasteiger partial charge < -0.3 is 14.7 Å². The van der Waals surface area contributed by atoms with E-state index in [-0.39, 0.29) is 11.4 Å². The van der Waals surface area contributed by atoms with Gasteiger partial charge in [-0.1, -0.05) is 24.3 Å². The molecule has 0 bridgehead atoms. The van der Waals surface area contributed by atoms with Gasteiger partial charge in [0.25, 0.3) is 0 Å². The zero-order valence-corrected chi connectivity index (χ0v) is 16.6. The number of nitrogens with zero attached hydrogens (tertiary/aromatic N) is 3. The second-order valence-corrected chi connectivity index (χ2v) is 8.72. The average molecular weight is 370 g/mol. The highest BCUT2D eigenvalue weighted by Gasteiger charge is 2.46. The van der Waals surface area contributed by atoms with Gasteiger partial charge in [-0.25, -0.2) is 4.79 Å². The summed E-state index contributed by atoms with van der Waals surface area (Å²) in [6, 6.07) is 8.83. The van der Waals surface area contributed by atoms with Crippen LogP contribution in [0.25, 0.3) is 0 Å². The summed E-state index contributed by atoms with van der Waals surface area (Å²) < 4.78 is 0. The Labute approximate surface area is 162 Å². The third kappa shape index (κ3) is 3.32. The van der Waals surface area contributed by atoms with Crippen LogP contribution in [0.5, 0.6) is 0 Å². The molecule has 2 aliphatic heterocycles.